The van der Waals surface area contributed by atoms with Gasteiger partial charge in [0.05, 0.1) is 18.7 Å². The van der Waals surface area contributed by atoms with Crippen molar-refractivity contribution in [2.75, 3.05) is 24.6 Å². The van der Waals surface area contributed by atoms with E-state index in [1.165, 1.54) is 4.90 Å². The van der Waals surface area contributed by atoms with Gasteiger partial charge < -0.3 is 19.8 Å². The molecule has 2 N–H and O–H groups in total. The van der Waals surface area contributed by atoms with E-state index in [0.717, 1.165) is 6.42 Å². The molecule has 1 aromatic carbocycles. The molecule has 0 fully saturated rings. The Bertz CT molecular complexity index is 461. The number of para-hydroxylation sites is 2. The van der Waals surface area contributed by atoms with Crippen molar-refractivity contribution in [3.63, 3.8) is 0 Å². The largest absolute Gasteiger partial charge is 0.491 e. The second kappa shape index (κ2) is 8.04. The van der Waals surface area contributed by atoms with Gasteiger partial charge in [-0.05, 0) is 18.6 Å². The Kier molecular flexibility index (Phi) is 6.36. The van der Waals surface area contributed by atoms with Crippen LogP contribution in [0.4, 0.5) is 5.69 Å². The lowest BCUT2D eigenvalue weighted by Gasteiger charge is -2.24. The molecule has 110 valence electrons. The summed E-state index contributed by atoms with van der Waals surface area (Å²) in [6, 6.07) is 7.05. The Hall–Kier alpha value is -2.24. The highest BCUT2D eigenvalue weighted by Gasteiger charge is 2.16. The molecule has 0 aliphatic rings. The van der Waals surface area contributed by atoms with E-state index in [-0.39, 0.29) is 19.5 Å². The van der Waals surface area contributed by atoms with E-state index in [1.54, 1.807) is 24.3 Å². The van der Waals surface area contributed by atoms with Crippen LogP contribution in [0.2, 0.25) is 0 Å². The summed E-state index contributed by atoms with van der Waals surface area (Å²) in [7, 11) is 0. The highest BCUT2D eigenvalue weighted by atomic mass is 16.5. The Morgan fingerprint density at radius 2 is 1.90 bits per heavy atom. The summed E-state index contributed by atoms with van der Waals surface area (Å²) in [5.41, 5.74) is 0.601. The van der Waals surface area contributed by atoms with Crippen LogP contribution >= 0.6 is 0 Å². The summed E-state index contributed by atoms with van der Waals surface area (Å²) in [5, 5.41) is 17.7. The van der Waals surface area contributed by atoms with Gasteiger partial charge in [0.15, 0.2) is 0 Å². The summed E-state index contributed by atoms with van der Waals surface area (Å²) in [4.78, 5) is 23.1. The van der Waals surface area contributed by atoms with Gasteiger partial charge in [-0.1, -0.05) is 19.1 Å². The maximum atomic E-state index is 10.9. The van der Waals surface area contributed by atoms with E-state index in [0.29, 0.717) is 18.0 Å². The number of rotatable bonds is 9. The van der Waals surface area contributed by atoms with Gasteiger partial charge in [0.1, 0.15) is 12.3 Å². The molecular weight excluding hydrogens is 262 g/mol. The Labute approximate surface area is 117 Å². The van der Waals surface area contributed by atoms with E-state index in [2.05, 4.69) is 0 Å². The summed E-state index contributed by atoms with van der Waals surface area (Å²) < 4.78 is 5.57. The van der Waals surface area contributed by atoms with Gasteiger partial charge in [-0.2, -0.15) is 0 Å². The first-order valence-electron chi connectivity index (χ1n) is 6.45. The van der Waals surface area contributed by atoms with E-state index in [9.17, 15) is 9.59 Å². The zero-order valence-corrected chi connectivity index (χ0v) is 11.4. The standard InChI is InChI=1S/C14H19NO5/c1-2-9-20-12-6-4-3-5-11(12)15(10-14(18)19)8-7-13(16)17/h3-6H,2,7-10H2,1H3,(H,16,17)(H,18,19). The average molecular weight is 281 g/mol. The van der Waals surface area contributed by atoms with Gasteiger partial charge in [-0.25, -0.2) is 0 Å². The van der Waals surface area contributed by atoms with Gasteiger partial charge in [0, 0.05) is 6.54 Å². The lowest BCUT2D eigenvalue weighted by atomic mass is 10.2. The predicted octanol–water partition coefficient (Wildman–Crippen LogP) is 1.84. The van der Waals surface area contributed by atoms with Crippen LogP contribution in [0, 0.1) is 0 Å². The molecule has 0 amide bonds. The van der Waals surface area contributed by atoms with Crippen molar-refractivity contribution in [1.82, 2.24) is 0 Å². The van der Waals surface area contributed by atoms with Crippen LogP contribution in [0.3, 0.4) is 0 Å². The number of aliphatic carboxylic acids is 2. The predicted molar refractivity (Wildman–Crippen MR) is 74.3 cm³/mol. The van der Waals surface area contributed by atoms with Gasteiger partial charge >= 0.3 is 11.9 Å². The van der Waals surface area contributed by atoms with Crippen LogP contribution in [0.1, 0.15) is 19.8 Å². The number of nitrogens with zero attached hydrogens (tertiary/aromatic N) is 1. The molecule has 0 atom stereocenters. The molecule has 0 spiro atoms. The van der Waals surface area contributed by atoms with Crippen molar-refractivity contribution >= 4 is 17.6 Å². The van der Waals surface area contributed by atoms with Gasteiger partial charge in [-0.3, -0.25) is 9.59 Å². The zero-order chi connectivity index (χ0) is 15.0. The van der Waals surface area contributed by atoms with E-state index < -0.39 is 11.9 Å². The van der Waals surface area contributed by atoms with Crippen LogP contribution < -0.4 is 9.64 Å². The second-order valence-electron chi connectivity index (χ2n) is 4.28. The molecular formula is C14H19NO5. The fourth-order valence-electron chi connectivity index (χ4n) is 1.73. The molecule has 0 aliphatic carbocycles. The molecule has 0 saturated carbocycles. The SMILES string of the molecule is CCCOc1ccccc1N(CCC(=O)O)CC(=O)O. The van der Waals surface area contributed by atoms with Crippen LogP contribution in [0.5, 0.6) is 5.75 Å². The molecule has 20 heavy (non-hydrogen) atoms. The number of carboxylic acid groups (broad SMARTS) is 2. The zero-order valence-electron chi connectivity index (χ0n) is 11.4. The molecule has 0 radical (unpaired) electrons. The molecule has 1 rings (SSSR count). The monoisotopic (exact) mass is 281 g/mol. The van der Waals surface area contributed by atoms with Crippen molar-refractivity contribution in [3.05, 3.63) is 24.3 Å². The van der Waals surface area contributed by atoms with Crippen molar-refractivity contribution in [3.8, 4) is 5.75 Å². The summed E-state index contributed by atoms with van der Waals surface area (Å²) in [6.07, 6.45) is 0.706. The van der Waals surface area contributed by atoms with E-state index in [1.807, 2.05) is 6.92 Å². The fourth-order valence-corrected chi connectivity index (χ4v) is 1.73. The van der Waals surface area contributed by atoms with Gasteiger partial charge in [0.25, 0.3) is 0 Å². The van der Waals surface area contributed by atoms with Crippen molar-refractivity contribution in [1.29, 1.82) is 0 Å². The van der Waals surface area contributed by atoms with Crippen molar-refractivity contribution in [2.45, 2.75) is 19.8 Å². The summed E-state index contributed by atoms with van der Waals surface area (Å²) >= 11 is 0. The van der Waals surface area contributed by atoms with Crippen LogP contribution in [-0.2, 0) is 9.59 Å². The lowest BCUT2D eigenvalue weighted by Crippen LogP contribution is -2.32. The number of benzene rings is 1. The quantitative estimate of drug-likeness (QED) is 0.718. The van der Waals surface area contributed by atoms with Crippen LogP contribution in [0.15, 0.2) is 24.3 Å². The number of carbonyl (C=O) groups is 2. The van der Waals surface area contributed by atoms with Crippen molar-refractivity contribution in [2.24, 2.45) is 0 Å². The molecule has 0 saturated heterocycles. The third-order valence-corrected chi connectivity index (χ3v) is 2.59. The Morgan fingerprint density at radius 1 is 1.20 bits per heavy atom. The number of carboxylic acids is 2. The van der Waals surface area contributed by atoms with Crippen LogP contribution in [-0.4, -0.2) is 41.8 Å². The minimum atomic E-state index is -1.01. The number of hydrogen-bond donors (Lipinski definition) is 2. The third kappa shape index (κ3) is 5.17. The van der Waals surface area contributed by atoms with E-state index >= 15 is 0 Å². The second-order valence-corrected chi connectivity index (χ2v) is 4.28. The van der Waals surface area contributed by atoms with Gasteiger partial charge in [-0.15, -0.1) is 0 Å². The highest BCUT2D eigenvalue weighted by Crippen LogP contribution is 2.28. The molecule has 1 aromatic rings. The van der Waals surface area contributed by atoms with Gasteiger partial charge in [0.2, 0.25) is 0 Å². The first-order valence-corrected chi connectivity index (χ1v) is 6.45. The minimum absolute atomic E-state index is 0.119. The molecule has 0 bridgehead atoms. The molecule has 0 aromatic heterocycles. The van der Waals surface area contributed by atoms with Crippen LogP contribution in [0.25, 0.3) is 0 Å². The highest BCUT2D eigenvalue weighted by molar-refractivity contribution is 5.76. The smallest absolute Gasteiger partial charge is 0.323 e. The normalized spacial score (nSPS) is 10.1. The summed E-state index contributed by atoms with van der Waals surface area (Å²) in [5.74, 6) is -1.41. The topological polar surface area (TPSA) is 87.1 Å². The number of hydrogen-bond acceptors (Lipinski definition) is 4. The fraction of sp³-hybridized carbons (Fsp3) is 0.429. The number of ether oxygens (including phenoxy) is 1. The Balaban J connectivity index is 2.92. The first kappa shape index (κ1) is 15.8. The maximum absolute atomic E-state index is 10.9. The molecule has 0 unspecified atom stereocenters. The molecule has 6 nitrogen and oxygen atoms in total. The number of anilines is 1. The third-order valence-electron chi connectivity index (χ3n) is 2.59. The van der Waals surface area contributed by atoms with Crippen molar-refractivity contribution < 1.29 is 24.5 Å². The molecule has 0 aliphatic heterocycles. The average Bonchev–Trinajstić information content (AvgIpc) is 2.41. The lowest BCUT2D eigenvalue weighted by molar-refractivity contribution is -0.138. The van der Waals surface area contributed by atoms with E-state index in [4.69, 9.17) is 14.9 Å². The Morgan fingerprint density at radius 3 is 2.50 bits per heavy atom. The maximum Gasteiger partial charge on any atom is 0.323 e. The molecule has 0 heterocycles. The minimum Gasteiger partial charge on any atom is -0.491 e. The first-order chi connectivity index (χ1) is 9.54. The summed E-state index contributed by atoms with van der Waals surface area (Å²) in [6.45, 7) is 2.35. The molecule has 6 heteroatoms.